The van der Waals surface area contributed by atoms with Crippen molar-refractivity contribution in [1.82, 2.24) is 20.9 Å². The Bertz CT molecular complexity index is 1130. The highest BCUT2D eigenvalue weighted by Crippen LogP contribution is 2.19. The summed E-state index contributed by atoms with van der Waals surface area (Å²) >= 11 is 0. The zero-order chi connectivity index (χ0) is 27.5. The van der Waals surface area contributed by atoms with Crippen LogP contribution in [-0.4, -0.2) is 82.2 Å². The number of carbonyl (C=O) groups excluding carboxylic acids is 3. The first-order chi connectivity index (χ1) is 17.5. The van der Waals surface area contributed by atoms with Crippen molar-refractivity contribution in [2.75, 3.05) is 13.1 Å². The van der Waals surface area contributed by atoms with Crippen molar-refractivity contribution in [3.05, 3.63) is 36.0 Å². The third-order valence-electron chi connectivity index (χ3n) is 5.56. The molecule has 37 heavy (non-hydrogen) atoms. The van der Waals surface area contributed by atoms with Crippen LogP contribution < -0.4 is 33.2 Å². The second-order valence-corrected chi connectivity index (χ2v) is 8.52. The van der Waals surface area contributed by atoms with E-state index in [2.05, 4.69) is 25.9 Å². The summed E-state index contributed by atoms with van der Waals surface area (Å²) in [6.45, 7) is 1.00. The lowest BCUT2D eigenvalue weighted by Gasteiger charge is -2.22. The molecule has 0 saturated carbocycles. The van der Waals surface area contributed by atoms with E-state index in [1.54, 1.807) is 6.20 Å². The van der Waals surface area contributed by atoms with Gasteiger partial charge in [-0.05, 0) is 31.4 Å². The van der Waals surface area contributed by atoms with Crippen molar-refractivity contribution in [3.8, 4) is 0 Å². The number of carboxylic acids is 1. The Morgan fingerprint density at radius 1 is 1.08 bits per heavy atom. The van der Waals surface area contributed by atoms with Gasteiger partial charge >= 0.3 is 5.97 Å². The van der Waals surface area contributed by atoms with E-state index in [1.807, 2.05) is 24.3 Å². The number of hydrogen-bond acceptors (Lipinski definition) is 7. The molecule has 12 N–H and O–H groups in total. The van der Waals surface area contributed by atoms with Gasteiger partial charge in [-0.25, -0.2) is 4.79 Å². The highest BCUT2D eigenvalue weighted by Gasteiger charge is 2.28. The monoisotopic (exact) mass is 518 g/mol. The molecule has 0 aliphatic heterocycles. The summed E-state index contributed by atoms with van der Waals surface area (Å²) in [5.74, 6) is -3.56. The summed E-state index contributed by atoms with van der Waals surface area (Å²) in [6.07, 6.45) is 0.960. The summed E-state index contributed by atoms with van der Waals surface area (Å²) < 4.78 is 0. The predicted octanol–water partition coefficient (Wildman–Crippen LogP) is -2.36. The van der Waals surface area contributed by atoms with Crippen LogP contribution in [0.25, 0.3) is 10.9 Å². The van der Waals surface area contributed by atoms with Crippen molar-refractivity contribution in [2.24, 2.45) is 22.2 Å². The average molecular weight is 519 g/mol. The molecule has 0 fully saturated rings. The standard InChI is InChI=1S/C23H34N8O6/c1-12(32)19(24)21(35)29-11-18(33)30-16(7-4-8-27-23(25)26)20(34)31-17(22(36)37)9-13-10-28-15-6-3-2-5-14(13)15/h2-3,5-6,10,12,16-17,19,28,32H,4,7-9,11,24H2,1H3,(H,29,35)(H,30,33)(H,31,34)(H,36,37)(H4,25,26,27). The number of H-pyrrole nitrogens is 1. The van der Waals surface area contributed by atoms with E-state index in [4.69, 9.17) is 17.2 Å². The largest absolute Gasteiger partial charge is 0.480 e. The molecular weight excluding hydrogens is 484 g/mol. The fourth-order valence-corrected chi connectivity index (χ4v) is 3.51. The number of aliphatic carboxylic acids is 1. The number of aromatic amines is 1. The van der Waals surface area contributed by atoms with E-state index in [0.29, 0.717) is 12.0 Å². The van der Waals surface area contributed by atoms with Gasteiger partial charge < -0.3 is 48.3 Å². The zero-order valence-electron chi connectivity index (χ0n) is 20.4. The number of para-hydroxylation sites is 1. The van der Waals surface area contributed by atoms with Gasteiger partial charge in [-0.1, -0.05) is 18.2 Å². The van der Waals surface area contributed by atoms with Gasteiger partial charge in [-0.15, -0.1) is 0 Å². The number of aliphatic hydroxyl groups is 1. The Morgan fingerprint density at radius 2 is 1.78 bits per heavy atom. The molecule has 3 amide bonds. The number of amides is 3. The number of fused-ring (bicyclic) bond motifs is 1. The van der Waals surface area contributed by atoms with Crippen LogP contribution in [0.3, 0.4) is 0 Å². The maximum atomic E-state index is 13.0. The first-order valence-corrected chi connectivity index (χ1v) is 11.6. The molecule has 0 aliphatic rings. The molecule has 2 aromatic rings. The number of guanidine groups is 1. The van der Waals surface area contributed by atoms with Crippen LogP contribution >= 0.6 is 0 Å². The Labute approximate surface area is 213 Å². The third kappa shape index (κ3) is 9.09. The molecule has 0 saturated heterocycles. The minimum atomic E-state index is -1.27. The fourth-order valence-electron chi connectivity index (χ4n) is 3.51. The summed E-state index contributed by atoms with van der Waals surface area (Å²) in [5, 5.41) is 27.2. The van der Waals surface area contributed by atoms with Gasteiger partial charge in [-0.2, -0.15) is 0 Å². The average Bonchev–Trinajstić information content (AvgIpc) is 3.25. The smallest absolute Gasteiger partial charge is 0.326 e. The molecule has 1 aromatic heterocycles. The van der Waals surface area contributed by atoms with Gasteiger partial charge in [0.05, 0.1) is 12.6 Å². The van der Waals surface area contributed by atoms with E-state index in [9.17, 15) is 29.4 Å². The van der Waals surface area contributed by atoms with E-state index in [1.165, 1.54) is 6.92 Å². The molecule has 14 heteroatoms. The number of carboxylic acid groups (broad SMARTS) is 1. The summed E-state index contributed by atoms with van der Waals surface area (Å²) in [7, 11) is 0. The second-order valence-electron chi connectivity index (χ2n) is 8.52. The summed E-state index contributed by atoms with van der Waals surface area (Å²) in [5.41, 5.74) is 17.7. The van der Waals surface area contributed by atoms with E-state index in [0.717, 1.165) is 10.9 Å². The SMILES string of the molecule is CC(O)C(N)C(=O)NCC(=O)NC(CCCN=C(N)N)C(=O)NC(Cc1c[nH]c2ccccc12)C(=O)O. The molecule has 0 radical (unpaired) electrons. The van der Waals surface area contributed by atoms with E-state index < -0.39 is 54.5 Å². The maximum Gasteiger partial charge on any atom is 0.326 e. The number of nitrogens with one attached hydrogen (secondary N) is 4. The highest BCUT2D eigenvalue weighted by atomic mass is 16.4. The highest BCUT2D eigenvalue weighted by molar-refractivity contribution is 5.93. The van der Waals surface area contributed by atoms with E-state index in [-0.39, 0.29) is 25.3 Å². The van der Waals surface area contributed by atoms with Crippen molar-refractivity contribution in [3.63, 3.8) is 0 Å². The summed E-state index contributed by atoms with van der Waals surface area (Å²) in [6, 6.07) is 3.72. The van der Waals surface area contributed by atoms with Crippen LogP contribution in [0.1, 0.15) is 25.3 Å². The minimum Gasteiger partial charge on any atom is -0.480 e. The quantitative estimate of drug-likeness (QED) is 0.0735. The lowest BCUT2D eigenvalue weighted by atomic mass is 10.0. The number of hydrogen-bond donors (Lipinski definition) is 9. The van der Waals surface area contributed by atoms with Crippen LogP contribution in [0.15, 0.2) is 35.5 Å². The number of aromatic nitrogens is 1. The Hall–Kier alpha value is -4.17. The molecule has 202 valence electrons. The van der Waals surface area contributed by atoms with Crippen molar-refractivity contribution >= 4 is 40.6 Å². The van der Waals surface area contributed by atoms with Gasteiger partial charge in [-0.3, -0.25) is 19.4 Å². The molecule has 4 atom stereocenters. The van der Waals surface area contributed by atoms with Gasteiger partial charge in [0.1, 0.15) is 18.1 Å². The van der Waals surface area contributed by atoms with Gasteiger partial charge in [0, 0.05) is 30.1 Å². The number of aliphatic imine (C=N–C) groups is 1. The van der Waals surface area contributed by atoms with Crippen LogP contribution in [-0.2, 0) is 25.6 Å². The van der Waals surface area contributed by atoms with Gasteiger partial charge in [0.2, 0.25) is 17.7 Å². The molecule has 1 heterocycles. The lowest BCUT2D eigenvalue weighted by molar-refractivity contribution is -0.142. The molecule has 14 nitrogen and oxygen atoms in total. The van der Waals surface area contributed by atoms with Crippen LogP contribution in [0, 0.1) is 0 Å². The molecule has 0 aliphatic carbocycles. The third-order valence-corrected chi connectivity index (χ3v) is 5.56. The van der Waals surface area contributed by atoms with E-state index >= 15 is 0 Å². The Morgan fingerprint density at radius 3 is 2.43 bits per heavy atom. The molecule has 1 aromatic carbocycles. The Balaban J connectivity index is 2.08. The van der Waals surface area contributed by atoms with Crippen molar-refractivity contribution in [2.45, 2.75) is 50.4 Å². The molecule has 0 spiro atoms. The maximum absolute atomic E-state index is 13.0. The number of nitrogens with two attached hydrogens (primary N) is 3. The Kier molecular flexibility index (Phi) is 10.8. The number of nitrogens with zero attached hydrogens (tertiary/aromatic N) is 1. The molecular formula is C23H34N8O6. The van der Waals surface area contributed by atoms with Crippen molar-refractivity contribution in [1.29, 1.82) is 0 Å². The van der Waals surface area contributed by atoms with Crippen LogP contribution in [0.5, 0.6) is 0 Å². The molecule has 4 unspecified atom stereocenters. The first-order valence-electron chi connectivity index (χ1n) is 11.6. The number of benzene rings is 1. The normalized spacial score (nSPS) is 14.1. The minimum absolute atomic E-state index is 0.00699. The second kappa shape index (κ2) is 13.8. The van der Waals surface area contributed by atoms with Crippen LogP contribution in [0.2, 0.25) is 0 Å². The van der Waals surface area contributed by atoms with Crippen molar-refractivity contribution < 1.29 is 29.4 Å². The number of rotatable bonds is 14. The lowest BCUT2D eigenvalue weighted by Crippen LogP contribution is -2.54. The number of aliphatic hydroxyl groups excluding tert-OH is 1. The van der Waals surface area contributed by atoms with Gasteiger partial charge in [0.25, 0.3) is 0 Å². The first kappa shape index (κ1) is 29.1. The fraction of sp³-hybridized carbons (Fsp3) is 0.435. The molecule has 0 bridgehead atoms. The summed E-state index contributed by atoms with van der Waals surface area (Å²) in [4.78, 5) is 56.2. The molecule has 2 rings (SSSR count). The number of carbonyl (C=O) groups is 4. The predicted molar refractivity (Wildman–Crippen MR) is 136 cm³/mol. The van der Waals surface area contributed by atoms with Crippen LogP contribution in [0.4, 0.5) is 0 Å². The topological polar surface area (TPSA) is 251 Å². The van der Waals surface area contributed by atoms with Gasteiger partial charge in [0.15, 0.2) is 5.96 Å². The zero-order valence-corrected chi connectivity index (χ0v) is 20.4.